The van der Waals surface area contributed by atoms with Gasteiger partial charge in [-0.15, -0.1) is 0 Å². The molecule has 6 nitrogen and oxygen atoms in total. The first-order valence-corrected chi connectivity index (χ1v) is 11.1. The Hall–Kier alpha value is -2.48. The number of piperidine rings is 1. The fraction of sp³-hybridized carbons (Fsp3) is 0.565. The average molecular weight is 433 g/mol. The lowest BCUT2D eigenvalue weighted by Crippen LogP contribution is -2.51. The third kappa shape index (κ3) is 4.44. The maximum atomic E-state index is 14.8. The molecule has 8 heteroatoms. The lowest BCUT2D eigenvalue weighted by atomic mass is 10.0. The molecule has 0 aliphatic carbocycles. The Morgan fingerprint density at radius 1 is 1.10 bits per heavy atom. The zero-order chi connectivity index (χ0) is 22.1. The number of rotatable bonds is 2. The van der Waals surface area contributed by atoms with Crippen LogP contribution < -0.4 is 4.90 Å². The first-order valence-electron chi connectivity index (χ1n) is 11.1. The van der Waals surface area contributed by atoms with E-state index in [9.17, 15) is 18.7 Å². The van der Waals surface area contributed by atoms with Crippen LogP contribution in [-0.4, -0.2) is 72.1 Å². The first kappa shape index (κ1) is 21.7. The minimum Gasteiger partial charge on any atom is -0.374 e. The monoisotopic (exact) mass is 432 g/mol. The second-order valence-electron chi connectivity index (χ2n) is 8.72. The van der Waals surface area contributed by atoms with Crippen molar-refractivity contribution in [3.8, 4) is 0 Å². The number of aliphatic hydroxyl groups excluding tert-OH is 1. The van der Waals surface area contributed by atoms with Crippen LogP contribution in [0.4, 0.5) is 14.5 Å². The van der Waals surface area contributed by atoms with Crippen LogP contribution in [0.3, 0.4) is 0 Å². The molecule has 2 unspecified atom stereocenters. The number of carbonyl (C=O) groups excluding carboxylic acids is 1. The number of dihydropyridines is 1. The third-order valence-electron chi connectivity index (χ3n) is 6.33. The van der Waals surface area contributed by atoms with E-state index in [4.69, 9.17) is 0 Å². The highest BCUT2D eigenvalue weighted by Gasteiger charge is 2.30. The first-order chi connectivity index (χ1) is 14.8. The molecule has 3 heterocycles. The number of anilines is 1. The summed E-state index contributed by atoms with van der Waals surface area (Å²) in [5.41, 5.74) is 0.880. The number of hydrogen-bond acceptors (Lipinski definition) is 5. The van der Waals surface area contributed by atoms with E-state index in [-0.39, 0.29) is 5.69 Å². The van der Waals surface area contributed by atoms with Crippen LogP contribution in [-0.2, 0) is 0 Å². The van der Waals surface area contributed by atoms with E-state index in [0.717, 1.165) is 42.9 Å². The molecule has 0 aromatic heterocycles. The summed E-state index contributed by atoms with van der Waals surface area (Å²) in [6, 6.07) is 2.32. The molecule has 4 rings (SSSR count). The van der Waals surface area contributed by atoms with Crippen LogP contribution >= 0.6 is 0 Å². The summed E-state index contributed by atoms with van der Waals surface area (Å²) in [5, 5.41) is 10.1. The van der Waals surface area contributed by atoms with Gasteiger partial charge in [0.05, 0.1) is 0 Å². The Kier molecular flexibility index (Phi) is 6.27. The highest BCUT2D eigenvalue weighted by molar-refractivity contribution is 5.99. The molecule has 3 aliphatic rings. The van der Waals surface area contributed by atoms with Gasteiger partial charge in [-0.25, -0.2) is 8.78 Å². The number of aliphatic hydroxyl groups is 1. The van der Waals surface area contributed by atoms with Crippen molar-refractivity contribution in [2.75, 3.05) is 44.2 Å². The Balaban J connectivity index is 1.45. The van der Waals surface area contributed by atoms with E-state index in [1.807, 2.05) is 6.92 Å². The fourth-order valence-corrected chi connectivity index (χ4v) is 4.68. The van der Waals surface area contributed by atoms with Crippen molar-refractivity contribution < 1.29 is 18.7 Å². The molecular formula is C23H30F2N4O2. The Morgan fingerprint density at radius 2 is 1.77 bits per heavy atom. The van der Waals surface area contributed by atoms with Crippen LogP contribution in [0, 0.1) is 17.6 Å². The predicted molar refractivity (Wildman–Crippen MR) is 116 cm³/mol. The van der Waals surface area contributed by atoms with Crippen LogP contribution in [0.2, 0.25) is 0 Å². The zero-order valence-corrected chi connectivity index (χ0v) is 18.2. The van der Waals surface area contributed by atoms with E-state index in [1.54, 1.807) is 4.90 Å². The van der Waals surface area contributed by atoms with E-state index in [2.05, 4.69) is 22.9 Å². The van der Waals surface area contributed by atoms with Gasteiger partial charge in [-0.05, 0) is 49.8 Å². The molecule has 1 aromatic rings. The normalized spacial score (nSPS) is 24.7. The van der Waals surface area contributed by atoms with Gasteiger partial charge in [-0.3, -0.25) is 9.79 Å². The number of aliphatic imine (C=N–C) groups is 1. The number of nitrogens with zero attached hydrogens (tertiary/aromatic N) is 4. The minimum atomic E-state index is -0.885. The zero-order valence-electron chi connectivity index (χ0n) is 18.2. The Labute approximate surface area is 181 Å². The van der Waals surface area contributed by atoms with Crippen molar-refractivity contribution in [1.29, 1.82) is 0 Å². The Morgan fingerprint density at radius 3 is 2.39 bits per heavy atom. The van der Waals surface area contributed by atoms with Crippen LogP contribution in [0.25, 0.3) is 0 Å². The number of halogens is 2. The largest absolute Gasteiger partial charge is 0.374 e. The van der Waals surface area contributed by atoms with Crippen molar-refractivity contribution in [2.45, 2.75) is 39.3 Å². The summed E-state index contributed by atoms with van der Waals surface area (Å²) >= 11 is 0. The summed E-state index contributed by atoms with van der Waals surface area (Å²) in [5.74, 6) is -1.03. The molecule has 168 valence electrons. The average Bonchev–Trinajstić information content (AvgIpc) is 2.73. The van der Waals surface area contributed by atoms with Gasteiger partial charge < -0.3 is 19.8 Å². The molecule has 1 amide bonds. The smallest absolute Gasteiger partial charge is 0.259 e. The van der Waals surface area contributed by atoms with Crippen LogP contribution in [0.1, 0.15) is 43.5 Å². The van der Waals surface area contributed by atoms with Crippen molar-refractivity contribution >= 4 is 17.4 Å². The predicted octanol–water partition coefficient (Wildman–Crippen LogP) is 3.03. The number of benzene rings is 1. The highest BCUT2D eigenvalue weighted by atomic mass is 19.1. The molecule has 0 saturated carbocycles. The highest BCUT2D eigenvalue weighted by Crippen LogP contribution is 2.28. The van der Waals surface area contributed by atoms with Crippen LogP contribution in [0.5, 0.6) is 0 Å². The van der Waals surface area contributed by atoms with E-state index in [0.29, 0.717) is 45.1 Å². The van der Waals surface area contributed by atoms with Gasteiger partial charge in [0, 0.05) is 45.0 Å². The molecule has 0 bridgehead atoms. The Bertz CT molecular complexity index is 886. The summed E-state index contributed by atoms with van der Waals surface area (Å²) in [7, 11) is 0. The summed E-state index contributed by atoms with van der Waals surface area (Å²) in [6.07, 6.45) is 3.74. The number of hydrogen-bond donors (Lipinski definition) is 1. The summed E-state index contributed by atoms with van der Waals surface area (Å²) in [4.78, 5) is 22.8. The van der Waals surface area contributed by atoms with Gasteiger partial charge >= 0.3 is 0 Å². The second kappa shape index (κ2) is 8.94. The lowest BCUT2D eigenvalue weighted by molar-refractivity contribution is 0.0682. The molecule has 2 atom stereocenters. The van der Waals surface area contributed by atoms with Gasteiger partial charge in [0.1, 0.15) is 29.3 Å². The summed E-state index contributed by atoms with van der Waals surface area (Å²) < 4.78 is 29.6. The van der Waals surface area contributed by atoms with E-state index in [1.165, 1.54) is 4.90 Å². The number of amides is 1. The van der Waals surface area contributed by atoms with Gasteiger partial charge in [0.15, 0.2) is 0 Å². The third-order valence-corrected chi connectivity index (χ3v) is 6.33. The molecule has 3 aliphatic heterocycles. The van der Waals surface area contributed by atoms with Crippen molar-refractivity contribution in [2.24, 2.45) is 10.9 Å². The fourth-order valence-electron chi connectivity index (χ4n) is 4.68. The molecule has 2 fully saturated rings. The molecule has 1 aromatic carbocycles. The minimum absolute atomic E-state index is 0.273. The molecule has 2 saturated heterocycles. The number of amidine groups is 1. The molecule has 31 heavy (non-hydrogen) atoms. The van der Waals surface area contributed by atoms with Crippen molar-refractivity contribution in [3.63, 3.8) is 0 Å². The number of piperazine rings is 1. The SMILES string of the molecule is CC1=CC(C)CN=C1N1CCN(C(=O)c2c(F)cc(N3CCCCC3O)cc2F)CC1. The van der Waals surface area contributed by atoms with Crippen molar-refractivity contribution in [1.82, 2.24) is 9.80 Å². The van der Waals surface area contributed by atoms with Gasteiger partial charge in [0.2, 0.25) is 0 Å². The van der Waals surface area contributed by atoms with E-state index >= 15 is 0 Å². The van der Waals surface area contributed by atoms with Gasteiger partial charge in [-0.2, -0.15) is 0 Å². The lowest BCUT2D eigenvalue weighted by Gasteiger charge is -2.38. The summed E-state index contributed by atoms with van der Waals surface area (Å²) in [6.45, 7) is 7.36. The maximum Gasteiger partial charge on any atom is 0.259 e. The standard InChI is InChI=1S/C23H30F2N4O2/c1-15-11-16(2)22(26-14-15)27-7-9-28(10-8-27)23(31)21-18(24)12-17(13-19(21)25)29-6-4-3-5-20(29)30/h11-13,15,20,30H,3-10,14H2,1-2H3. The second-order valence-corrected chi connectivity index (χ2v) is 8.72. The van der Waals surface area contributed by atoms with E-state index < -0.39 is 29.3 Å². The van der Waals surface area contributed by atoms with Gasteiger partial charge in [-0.1, -0.05) is 13.0 Å². The molecular weight excluding hydrogens is 402 g/mol. The quantitative estimate of drug-likeness (QED) is 0.781. The number of carbonyl (C=O) groups is 1. The maximum absolute atomic E-state index is 14.8. The molecule has 0 radical (unpaired) electrons. The van der Waals surface area contributed by atoms with Crippen LogP contribution in [0.15, 0.2) is 28.8 Å². The van der Waals surface area contributed by atoms with Crippen molar-refractivity contribution in [3.05, 3.63) is 41.0 Å². The molecule has 1 N–H and O–H groups in total. The molecule has 0 spiro atoms. The van der Waals surface area contributed by atoms with Gasteiger partial charge in [0.25, 0.3) is 5.91 Å². The topological polar surface area (TPSA) is 59.4 Å².